The number of carbonyl (C=O) groups excluding carboxylic acids is 3. The molecule has 3 aliphatic heterocycles. The van der Waals surface area contributed by atoms with Crippen LogP contribution in [0.25, 0.3) is 0 Å². The van der Waals surface area contributed by atoms with Gasteiger partial charge in [0.2, 0.25) is 11.8 Å². The molecule has 2 aromatic rings. The van der Waals surface area contributed by atoms with Crippen LogP contribution in [0.5, 0.6) is 0 Å². The number of hydrogen-bond donors (Lipinski definition) is 0. The van der Waals surface area contributed by atoms with E-state index in [1.54, 1.807) is 4.90 Å². The number of fused-ring (bicyclic) bond motifs is 2. The van der Waals surface area contributed by atoms with E-state index in [1.807, 2.05) is 37.9 Å². The molecule has 266 valence electrons. The topological polar surface area (TPSA) is 86.3 Å². The van der Waals surface area contributed by atoms with Gasteiger partial charge in [-0.15, -0.1) is 0 Å². The van der Waals surface area contributed by atoms with Crippen molar-refractivity contribution in [1.82, 2.24) is 24.6 Å². The zero-order chi connectivity index (χ0) is 34.9. The van der Waals surface area contributed by atoms with Crippen LogP contribution in [-0.2, 0) is 27.2 Å². The largest absolute Gasteiger partial charge is 0.444 e. The minimum Gasteiger partial charge on any atom is -0.444 e. The fraction of sp³-hybridized carbons (Fsp3) is 0.622. The van der Waals surface area contributed by atoms with E-state index in [0.29, 0.717) is 51.0 Å². The molecule has 49 heavy (non-hydrogen) atoms. The molecule has 6 rings (SSSR count). The summed E-state index contributed by atoms with van der Waals surface area (Å²) in [6, 6.07) is 6.34. The number of halogens is 3. The Labute approximate surface area is 312 Å². The SMILES string of the molecule is CC(C)(C)OC(=O)N1CCN(C(=O)CN2CCC(CC(=O)N3CCC([C@H]4c5ncc(Br)cc5CCc5cc(Cl)cc(Br)c54)CC3)CC2)CC1. The van der Waals surface area contributed by atoms with Gasteiger partial charge in [0.1, 0.15) is 5.60 Å². The van der Waals surface area contributed by atoms with E-state index in [9.17, 15) is 14.4 Å². The fourth-order valence-corrected chi connectivity index (χ4v) is 9.49. The van der Waals surface area contributed by atoms with Crippen LogP contribution < -0.4 is 0 Å². The molecule has 12 heteroatoms. The minimum atomic E-state index is -0.531. The van der Waals surface area contributed by atoms with Gasteiger partial charge < -0.3 is 19.4 Å². The van der Waals surface area contributed by atoms with Gasteiger partial charge in [-0.05, 0) is 135 Å². The summed E-state index contributed by atoms with van der Waals surface area (Å²) in [5.41, 5.74) is 4.49. The van der Waals surface area contributed by atoms with Gasteiger partial charge in [-0.3, -0.25) is 19.5 Å². The normalized spacial score (nSPS) is 21.2. The number of nitrogens with zero attached hydrogens (tertiary/aromatic N) is 5. The number of aryl methyl sites for hydroxylation is 2. The molecule has 4 aliphatic rings. The number of hydrogen-bond acceptors (Lipinski definition) is 6. The molecule has 0 unspecified atom stereocenters. The molecule has 0 radical (unpaired) electrons. The van der Waals surface area contributed by atoms with Crippen LogP contribution in [0.15, 0.2) is 33.3 Å². The average molecular weight is 822 g/mol. The van der Waals surface area contributed by atoms with E-state index in [2.05, 4.69) is 53.8 Å². The van der Waals surface area contributed by atoms with Gasteiger partial charge in [-0.25, -0.2) is 4.79 Å². The Hall–Kier alpha value is -2.21. The number of carbonyl (C=O) groups is 3. The molecule has 3 amide bonds. The van der Waals surface area contributed by atoms with Crippen molar-refractivity contribution in [2.24, 2.45) is 11.8 Å². The first-order valence-electron chi connectivity index (χ1n) is 17.7. The second-order valence-corrected chi connectivity index (χ2v) is 17.3. The van der Waals surface area contributed by atoms with Gasteiger partial charge in [-0.1, -0.05) is 27.5 Å². The minimum absolute atomic E-state index is 0.109. The summed E-state index contributed by atoms with van der Waals surface area (Å²) >= 11 is 14.0. The predicted molar refractivity (Wildman–Crippen MR) is 198 cm³/mol. The monoisotopic (exact) mass is 819 g/mol. The first-order chi connectivity index (χ1) is 23.3. The van der Waals surface area contributed by atoms with E-state index < -0.39 is 5.60 Å². The third-order valence-electron chi connectivity index (χ3n) is 10.6. The highest BCUT2D eigenvalue weighted by Crippen LogP contribution is 2.46. The third-order valence-corrected chi connectivity index (χ3v) is 11.9. The molecule has 1 atom stereocenters. The smallest absolute Gasteiger partial charge is 0.410 e. The zero-order valence-corrected chi connectivity index (χ0v) is 32.8. The highest BCUT2D eigenvalue weighted by molar-refractivity contribution is 9.10. The van der Waals surface area contributed by atoms with Crippen LogP contribution in [0.1, 0.15) is 81.2 Å². The zero-order valence-electron chi connectivity index (χ0n) is 28.9. The lowest BCUT2D eigenvalue weighted by Gasteiger charge is -2.39. The molecule has 9 nitrogen and oxygen atoms in total. The second-order valence-electron chi connectivity index (χ2n) is 15.1. The molecular formula is C37H48Br2ClN5O4. The Bertz CT molecular complexity index is 1540. The Kier molecular flexibility index (Phi) is 11.6. The number of piperazine rings is 1. The van der Waals surface area contributed by atoms with Gasteiger partial charge in [0.15, 0.2) is 0 Å². The highest BCUT2D eigenvalue weighted by atomic mass is 79.9. The van der Waals surface area contributed by atoms with Crippen molar-refractivity contribution in [3.05, 3.63) is 60.7 Å². The summed E-state index contributed by atoms with van der Waals surface area (Å²) in [4.78, 5) is 51.8. The molecule has 1 aromatic carbocycles. The Balaban J connectivity index is 0.972. The molecular weight excluding hydrogens is 774 g/mol. The summed E-state index contributed by atoms with van der Waals surface area (Å²) < 4.78 is 7.52. The van der Waals surface area contributed by atoms with Gasteiger partial charge in [0.05, 0.1) is 12.2 Å². The Morgan fingerprint density at radius 1 is 0.837 bits per heavy atom. The molecule has 3 fully saturated rings. The van der Waals surface area contributed by atoms with Crippen molar-refractivity contribution >= 4 is 61.4 Å². The number of amides is 3. The molecule has 3 saturated heterocycles. The molecule has 1 aromatic heterocycles. The van der Waals surface area contributed by atoms with Gasteiger partial charge in [0.25, 0.3) is 0 Å². The van der Waals surface area contributed by atoms with E-state index >= 15 is 0 Å². The first-order valence-corrected chi connectivity index (χ1v) is 19.7. The van der Waals surface area contributed by atoms with Crippen LogP contribution >= 0.6 is 43.5 Å². The Morgan fingerprint density at radius 3 is 2.14 bits per heavy atom. The van der Waals surface area contributed by atoms with Crippen molar-refractivity contribution in [1.29, 1.82) is 0 Å². The lowest BCUT2D eigenvalue weighted by Crippen LogP contribution is -2.53. The number of aromatic nitrogens is 1. The highest BCUT2D eigenvalue weighted by Gasteiger charge is 2.37. The number of ether oxygens (including phenoxy) is 1. The first kappa shape index (κ1) is 36.6. The van der Waals surface area contributed by atoms with Crippen LogP contribution in [0.3, 0.4) is 0 Å². The van der Waals surface area contributed by atoms with Crippen molar-refractivity contribution in [3.8, 4) is 0 Å². The Morgan fingerprint density at radius 2 is 1.47 bits per heavy atom. The second kappa shape index (κ2) is 15.6. The number of piperidine rings is 2. The summed E-state index contributed by atoms with van der Waals surface area (Å²) in [7, 11) is 0. The lowest BCUT2D eigenvalue weighted by atomic mass is 9.76. The van der Waals surface area contributed by atoms with Crippen molar-refractivity contribution < 1.29 is 19.1 Å². The van der Waals surface area contributed by atoms with Gasteiger partial charge in [0, 0.05) is 71.8 Å². The molecule has 0 N–H and O–H groups in total. The van der Waals surface area contributed by atoms with Crippen LogP contribution in [0.2, 0.25) is 5.02 Å². The molecule has 0 bridgehead atoms. The van der Waals surface area contributed by atoms with Crippen LogP contribution in [-0.4, -0.2) is 107 Å². The lowest BCUT2D eigenvalue weighted by molar-refractivity contribution is -0.136. The van der Waals surface area contributed by atoms with E-state index in [-0.39, 0.29) is 23.8 Å². The predicted octanol–water partition coefficient (Wildman–Crippen LogP) is 6.91. The molecule has 0 spiro atoms. The van der Waals surface area contributed by atoms with Crippen molar-refractivity contribution in [3.63, 3.8) is 0 Å². The van der Waals surface area contributed by atoms with E-state index in [1.165, 1.54) is 16.7 Å². The van der Waals surface area contributed by atoms with Gasteiger partial charge >= 0.3 is 6.09 Å². The maximum atomic E-state index is 13.5. The third kappa shape index (κ3) is 9.00. The van der Waals surface area contributed by atoms with Crippen molar-refractivity contribution in [2.75, 3.05) is 58.9 Å². The maximum absolute atomic E-state index is 13.5. The number of rotatable bonds is 5. The van der Waals surface area contributed by atoms with E-state index in [4.69, 9.17) is 21.3 Å². The quantitative estimate of drug-likeness (QED) is 0.326. The summed E-state index contributed by atoms with van der Waals surface area (Å²) in [6.45, 7) is 11.2. The van der Waals surface area contributed by atoms with E-state index in [0.717, 1.165) is 84.4 Å². The standard InChI is InChI=1S/C37H48Br2ClN5O4/c1-37(2,3)49-36(48)45-16-14-44(15-17-45)32(47)23-42-10-6-24(7-11-42)18-31(46)43-12-8-25(9-13-43)34-33-26(20-29(40)21-30(33)39)4-5-27-19-28(38)22-41-35(27)34/h19-22,24-25,34H,4-18,23H2,1-3H3/t34-/m1/s1. The van der Waals surface area contributed by atoms with Crippen LogP contribution in [0.4, 0.5) is 4.79 Å². The maximum Gasteiger partial charge on any atom is 0.410 e. The average Bonchev–Trinajstić information content (AvgIpc) is 3.21. The molecule has 1 aliphatic carbocycles. The number of pyridine rings is 1. The van der Waals surface area contributed by atoms with Crippen LogP contribution in [0, 0.1) is 11.8 Å². The summed E-state index contributed by atoms with van der Waals surface area (Å²) in [6.07, 6.45) is 7.75. The summed E-state index contributed by atoms with van der Waals surface area (Å²) in [5.74, 6) is 1.25. The van der Waals surface area contributed by atoms with Crippen molar-refractivity contribution in [2.45, 2.75) is 77.2 Å². The number of benzene rings is 1. The molecule has 4 heterocycles. The summed E-state index contributed by atoms with van der Waals surface area (Å²) in [5, 5.41) is 0.748. The molecule has 0 saturated carbocycles. The van der Waals surface area contributed by atoms with Gasteiger partial charge in [-0.2, -0.15) is 0 Å². The fourth-order valence-electron chi connectivity index (χ4n) is 7.99. The number of likely N-dealkylation sites (tertiary alicyclic amines) is 2.